The molecule has 10 rings (SSSR count). The van der Waals surface area contributed by atoms with Gasteiger partial charge < -0.3 is 0 Å². The Balaban J connectivity index is 1.03. The van der Waals surface area contributed by atoms with Crippen molar-refractivity contribution >= 4 is 21.8 Å². The van der Waals surface area contributed by atoms with Crippen LogP contribution in [0.4, 0.5) is 0 Å². The minimum Gasteiger partial charge on any atom is -0.245 e. The van der Waals surface area contributed by atoms with E-state index in [0.717, 1.165) is 83.5 Å². The molecule has 0 N–H and O–H groups in total. The summed E-state index contributed by atoms with van der Waals surface area (Å²) in [6, 6.07) is 69.7. The summed E-state index contributed by atoms with van der Waals surface area (Å²) in [6.45, 7) is 2.16. The molecule has 57 heavy (non-hydrogen) atoms. The summed E-state index contributed by atoms with van der Waals surface area (Å²) in [5, 5.41) is 2.18. The fourth-order valence-corrected chi connectivity index (χ4v) is 7.60. The lowest BCUT2D eigenvalue weighted by Gasteiger charge is -2.12. The first-order chi connectivity index (χ1) is 28.1. The topological polar surface area (TPSA) is 51.6 Å². The van der Waals surface area contributed by atoms with Gasteiger partial charge in [-0.25, -0.2) is 19.9 Å². The van der Waals surface area contributed by atoms with Gasteiger partial charge in [-0.3, -0.25) is 0 Å². The molecule has 3 heterocycles. The molecule has 7 aromatic carbocycles. The van der Waals surface area contributed by atoms with Crippen LogP contribution in [0.5, 0.6) is 0 Å². The Morgan fingerprint density at radius 1 is 0.281 bits per heavy atom. The third-order valence-electron chi connectivity index (χ3n) is 10.6. The van der Waals surface area contributed by atoms with Crippen molar-refractivity contribution in [1.29, 1.82) is 0 Å². The molecule has 0 saturated heterocycles. The molecule has 3 aromatic heterocycles. The Morgan fingerprint density at radius 3 is 1.39 bits per heavy atom. The van der Waals surface area contributed by atoms with E-state index in [9.17, 15) is 0 Å². The van der Waals surface area contributed by atoms with E-state index >= 15 is 0 Å². The van der Waals surface area contributed by atoms with Crippen molar-refractivity contribution < 1.29 is 0 Å². The van der Waals surface area contributed by atoms with Crippen LogP contribution in [0.3, 0.4) is 0 Å². The van der Waals surface area contributed by atoms with Crippen molar-refractivity contribution in [2.24, 2.45) is 0 Å². The summed E-state index contributed by atoms with van der Waals surface area (Å²) in [5.41, 5.74) is 16.3. The standard InChI is InChI=1S/C53H36N4/c1-35-31-48(55-52-46(35)29-27-40-28-30-47(54-51(40)52)38-15-7-3-8-16-38)44-21-11-19-42(32-44)43-20-12-22-45(33-43)50-34-49(56-53(57-50)41-17-9-4-10-18-41)39-25-23-37(24-26-39)36-13-5-2-6-14-36/h2-34H,1H3. The third kappa shape index (κ3) is 6.75. The van der Waals surface area contributed by atoms with E-state index in [1.807, 2.05) is 42.5 Å². The van der Waals surface area contributed by atoms with Gasteiger partial charge in [0, 0.05) is 38.6 Å². The summed E-state index contributed by atoms with van der Waals surface area (Å²) in [4.78, 5) is 20.6. The lowest BCUT2D eigenvalue weighted by molar-refractivity contribution is 1.18. The maximum atomic E-state index is 5.29. The summed E-state index contributed by atoms with van der Waals surface area (Å²) in [7, 11) is 0. The highest BCUT2D eigenvalue weighted by Crippen LogP contribution is 2.35. The van der Waals surface area contributed by atoms with E-state index < -0.39 is 0 Å². The maximum Gasteiger partial charge on any atom is 0.160 e. The van der Waals surface area contributed by atoms with Crippen molar-refractivity contribution in [2.45, 2.75) is 6.92 Å². The molecule has 0 saturated carbocycles. The molecule has 4 heteroatoms. The molecule has 0 amide bonds. The zero-order valence-corrected chi connectivity index (χ0v) is 31.3. The monoisotopic (exact) mass is 728 g/mol. The van der Waals surface area contributed by atoms with Crippen LogP contribution in [0.2, 0.25) is 0 Å². The highest BCUT2D eigenvalue weighted by molar-refractivity contribution is 6.05. The number of benzene rings is 7. The summed E-state index contributed by atoms with van der Waals surface area (Å²) >= 11 is 0. The molecule has 10 aromatic rings. The average molecular weight is 729 g/mol. The molecule has 4 nitrogen and oxygen atoms in total. The molecule has 0 bridgehead atoms. The van der Waals surface area contributed by atoms with Crippen LogP contribution in [0.1, 0.15) is 5.56 Å². The Hall–Kier alpha value is -7.56. The van der Waals surface area contributed by atoms with Crippen LogP contribution in [0.15, 0.2) is 200 Å². The van der Waals surface area contributed by atoms with E-state index in [2.05, 4.69) is 165 Å². The van der Waals surface area contributed by atoms with Gasteiger partial charge in [0.15, 0.2) is 5.82 Å². The molecule has 0 atom stereocenters. The summed E-state index contributed by atoms with van der Waals surface area (Å²) < 4.78 is 0. The molecular formula is C53H36N4. The van der Waals surface area contributed by atoms with Crippen LogP contribution in [-0.4, -0.2) is 19.9 Å². The Morgan fingerprint density at radius 2 is 0.737 bits per heavy atom. The second-order valence-corrected chi connectivity index (χ2v) is 14.4. The Kier molecular flexibility index (Phi) is 8.69. The molecule has 0 aliphatic heterocycles. The number of rotatable bonds is 7. The highest BCUT2D eigenvalue weighted by Gasteiger charge is 2.14. The van der Waals surface area contributed by atoms with Gasteiger partial charge in [0.25, 0.3) is 0 Å². The number of nitrogens with zero attached hydrogens (tertiary/aromatic N) is 4. The van der Waals surface area contributed by atoms with Gasteiger partial charge in [0.1, 0.15) is 0 Å². The zero-order chi connectivity index (χ0) is 38.1. The van der Waals surface area contributed by atoms with E-state index in [-0.39, 0.29) is 0 Å². The summed E-state index contributed by atoms with van der Waals surface area (Å²) in [5.74, 6) is 0.693. The normalized spacial score (nSPS) is 11.2. The number of fused-ring (bicyclic) bond motifs is 3. The van der Waals surface area contributed by atoms with Gasteiger partial charge in [0.2, 0.25) is 0 Å². The van der Waals surface area contributed by atoms with Crippen molar-refractivity contribution in [3.8, 4) is 78.7 Å². The molecule has 0 fully saturated rings. The van der Waals surface area contributed by atoms with Gasteiger partial charge in [-0.2, -0.15) is 0 Å². The van der Waals surface area contributed by atoms with Gasteiger partial charge in [0.05, 0.1) is 33.8 Å². The minimum absolute atomic E-state index is 0.693. The van der Waals surface area contributed by atoms with E-state index in [0.29, 0.717) is 5.82 Å². The van der Waals surface area contributed by atoms with Crippen molar-refractivity contribution in [2.75, 3.05) is 0 Å². The zero-order valence-electron chi connectivity index (χ0n) is 31.3. The minimum atomic E-state index is 0.693. The molecule has 0 aliphatic carbocycles. The van der Waals surface area contributed by atoms with E-state index in [1.165, 1.54) is 16.7 Å². The second-order valence-electron chi connectivity index (χ2n) is 14.4. The van der Waals surface area contributed by atoms with Gasteiger partial charge >= 0.3 is 0 Å². The van der Waals surface area contributed by atoms with Crippen LogP contribution in [0, 0.1) is 6.92 Å². The van der Waals surface area contributed by atoms with Crippen LogP contribution in [-0.2, 0) is 0 Å². The predicted molar refractivity (Wildman–Crippen MR) is 235 cm³/mol. The number of hydrogen-bond donors (Lipinski definition) is 0. The number of hydrogen-bond acceptors (Lipinski definition) is 4. The molecule has 0 aliphatic rings. The fourth-order valence-electron chi connectivity index (χ4n) is 7.60. The molecule has 0 unspecified atom stereocenters. The van der Waals surface area contributed by atoms with Crippen LogP contribution >= 0.6 is 0 Å². The summed E-state index contributed by atoms with van der Waals surface area (Å²) in [6.07, 6.45) is 0. The lowest BCUT2D eigenvalue weighted by Crippen LogP contribution is -1.96. The quantitative estimate of drug-likeness (QED) is 0.153. The van der Waals surface area contributed by atoms with Crippen molar-refractivity contribution in [3.63, 3.8) is 0 Å². The van der Waals surface area contributed by atoms with E-state index in [4.69, 9.17) is 19.9 Å². The smallest absolute Gasteiger partial charge is 0.160 e. The first kappa shape index (κ1) is 34.0. The van der Waals surface area contributed by atoms with Crippen LogP contribution in [0.25, 0.3) is 100 Å². The second kappa shape index (κ2) is 14.6. The third-order valence-corrected chi connectivity index (χ3v) is 10.6. The fraction of sp³-hybridized carbons (Fsp3) is 0.0189. The Bertz CT molecular complexity index is 3050. The Labute approximate surface area is 331 Å². The molecule has 0 radical (unpaired) electrons. The predicted octanol–water partition coefficient (Wildman–Crippen LogP) is 13.6. The highest BCUT2D eigenvalue weighted by atomic mass is 14.9. The van der Waals surface area contributed by atoms with Crippen LogP contribution < -0.4 is 0 Å². The largest absolute Gasteiger partial charge is 0.245 e. The first-order valence-electron chi connectivity index (χ1n) is 19.2. The van der Waals surface area contributed by atoms with Crippen molar-refractivity contribution in [3.05, 3.63) is 206 Å². The average Bonchev–Trinajstić information content (AvgIpc) is 3.29. The van der Waals surface area contributed by atoms with E-state index in [1.54, 1.807) is 0 Å². The first-order valence-corrected chi connectivity index (χ1v) is 19.2. The number of aryl methyl sites for hydroxylation is 1. The van der Waals surface area contributed by atoms with Gasteiger partial charge in [-0.1, -0.05) is 170 Å². The maximum absolute atomic E-state index is 5.29. The number of aromatic nitrogens is 4. The van der Waals surface area contributed by atoms with Crippen molar-refractivity contribution in [1.82, 2.24) is 19.9 Å². The SMILES string of the molecule is Cc1cc(-c2cccc(-c3cccc(-c4cc(-c5ccc(-c6ccccc6)cc5)nc(-c5ccccc5)n4)c3)c2)nc2c1ccc1ccc(-c3ccccc3)nc12. The van der Waals surface area contributed by atoms with Gasteiger partial charge in [-0.15, -0.1) is 0 Å². The van der Waals surface area contributed by atoms with Gasteiger partial charge in [-0.05, 0) is 65.1 Å². The lowest BCUT2D eigenvalue weighted by atomic mass is 9.97. The molecular weight excluding hydrogens is 693 g/mol. The molecule has 0 spiro atoms. The molecule has 268 valence electrons. The number of pyridine rings is 2.